The van der Waals surface area contributed by atoms with Gasteiger partial charge in [-0.05, 0) is 35.4 Å². The van der Waals surface area contributed by atoms with E-state index in [2.05, 4.69) is 0 Å². The molecule has 3 aromatic carbocycles. The van der Waals surface area contributed by atoms with Gasteiger partial charge in [0.15, 0.2) is 0 Å². The molecule has 30 heavy (non-hydrogen) atoms. The van der Waals surface area contributed by atoms with Crippen LogP contribution in [0.15, 0.2) is 95.4 Å². The molecule has 0 fully saturated rings. The lowest BCUT2D eigenvalue weighted by atomic mass is 9.91. The van der Waals surface area contributed by atoms with Gasteiger partial charge >= 0.3 is 5.97 Å². The summed E-state index contributed by atoms with van der Waals surface area (Å²) in [4.78, 5) is 13.0. The summed E-state index contributed by atoms with van der Waals surface area (Å²) in [6, 6.07) is 28.0. The van der Waals surface area contributed by atoms with Crippen LogP contribution >= 0.6 is 23.2 Å². The zero-order valence-corrected chi connectivity index (χ0v) is 17.4. The second kappa shape index (κ2) is 9.21. The number of benzene rings is 3. The zero-order valence-electron chi connectivity index (χ0n) is 15.9. The van der Waals surface area contributed by atoms with E-state index in [1.165, 1.54) is 0 Å². The maximum Gasteiger partial charge on any atom is 0.318 e. The van der Waals surface area contributed by atoms with Gasteiger partial charge in [-0.15, -0.1) is 0 Å². The number of ether oxygens (including phenoxy) is 1. The number of halogens is 2. The van der Waals surface area contributed by atoms with Crippen LogP contribution in [0.3, 0.4) is 0 Å². The quantitative estimate of drug-likeness (QED) is 0.301. The number of carbonyl (C=O) groups excluding carboxylic acids is 1. The Hall–Kier alpha value is -3.01. The molecule has 4 rings (SSSR count). The molecule has 0 bridgehead atoms. The van der Waals surface area contributed by atoms with E-state index in [4.69, 9.17) is 32.4 Å². The van der Waals surface area contributed by atoms with Gasteiger partial charge in [0.1, 0.15) is 24.0 Å². The third-order valence-electron chi connectivity index (χ3n) is 4.74. The van der Waals surface area contributed by atoms with E-state index in [9.17, 15) is 4.79 Å². The Bertz CT molecular complexity index is 1100. The minimum absolute atomic E-state index is 0.0210. The Labute approximate surface area is 184 Å². The fraction of sp³-hybridized carbons (Fsp3) is 0.0800. The van der Waals surface area contributed by atoms with Gasteiger partial charge in [0.2, 0.25) is 0 Å². The molecule has 0 aliphatic carbocycles. The van der Waals surface area contributed by atoms with Crippen LogP contribution in [0.5, 0.6) is 0 Å². The number of carbonyl (C=O) groups is 1. The fourth-order valence-corrected chi connectivity index (χ4v) is 3.67. The first kappa shape index (κ1) is 20.3. The van der Waals surface area contributed by atoms with Crippen LogP contribution in [0.25, 0.3) is 11.3 Å². The molecule has 0 amide bonds. The highest BCUT2D eigenvalue weighted by Crippen LogP contribution is 2.34. The number of hydrogen-bond acceptors (Lipinski definition) is 3. The smallest absolute Gasteiger partial charge is 0.318 e. The van der Waals surface area contributed by atoms with Crippen molar-refractivity contribution in [1.82, 2.24) is 0 Å². The third-order valence-corrected chi connectivity index (χ3v) is 5.56. The van der Waals surface area contributed by atoms with Gasteiger partial charge in [-0.1, -0.05) is 89.9 Å². The van der Waals surface area contributed by atoms with Gasteiger partial charge in [-0.25, -0.2) is 0 Å². The average Bonchev–Trinajstić information content (AvgIpc) is 3.25. The van der Waals surface area contributed by atoms with Crippen LogP contribution in [0.2, 0.25) is 10.0 Å². The van der Waals surface area contributed by atoms with Crippen LogP contribution in [0.1, 0.15) is 22.8 Å². The average molecular weight is 437 g/mol. The maximum absolute atomic E-state index is 13.0. The first-order valence-corrected chi connectivity index (χ1v) is 10.2. The standard InChI is InChI=1S/C25H18Cl2O3/c26-21-13-7-12-20(24(21)27)22-15-14-19(30-22)16-29-25(28)23(17-8-3-1-4-9-17)18-10-5-2-6-11-18/h1-15,23H,16H2. The highest BCUT2D eigenvalue weighted by Gasteiger charge is 2.24. The second-order valence-electron chi connectivity index (χ2n) is 6.73. The van der Waals surface area contributed by atoms with E-state index in [0.717, 1.165) is 11.1 Å². The van der Waals surface area contributed by atoms with Crippen molar-refractivity contribution < 1.29 is 13.9 Å². The molecule has 150 valence electrons. The van der Waals surface area contributed by atoms with Gasteiger partial charge in [-0.2, -0.15) is 0 Å². The Morgan fingerprint density at radius 1 is 0.800 bits per heavy atom. The molecule has 0 unspecified atom stereocenters. The molecule has 0 spiro atoms. The minimum atomic E-state index is -0.510. The minimum Gasteiger partial charge on any atom is -0.457 e. The lowest BCUT2D eigenvalue weighted by Crippen LogP contribution is -2.17. The Morgan fingerprint density at radius 2 is 1.43 bits per heavy atom. The molecular formula is C25H18Cl2O3. The van der Waals surface area contributed by atoms with E-state index in [1.54, 1.807) is 24.3 Å². The number of hydrogen-bond donors (Lipinski definition) is 0. The molecule has 5 heteroatoms. The SMILES string of the molecule is O=C(OCc1ccc(-c2cccc(Cl)c2Cl)o1)C(c1ccccc1)c1ccccc1. The monoisotopic (exact) mass is 436 g/mol. The normalized spacial score (nSPS) is 10.9. The molecule has 0 atom stereocenters. The largest absolute Gasteiger partial charge is 0.457 e. The van der Waals surface area contributed by atoms with Crippen molar-refractivity contribution in [1.29, 1.82) is 0 Å². The summed E-state index contributed by atoms with van der Waals surface area (Å²) in [5.41, 5.74) is 2.44. The lowest BCUT2D eigenvalue weighted by molar-refractivity contribution is -0.146. The van der Waals surface area contributed by atoms with Crippen molar-refractivity contribution in [2.75, 3.05) is 0 Å². The highest BCUT2D eigenvalue weighted by molar-refractivity contribution is 6.43. The van der Waals surface area contributed by atoms with Gasteiger partial charge < -0.3 is 9.15 Å². The van der Waals surface area contributed by atoms with E-state index in [0.29, 0.717) is 27.1 Å². The molecule has 0 radical (unpaired) electrons. The van der Waals surface area contributed by atoms with Gasteiger partial charge in [0.05, 0.1) is 10.0 Å². The lowest BCUT2D eigenvalue weighted by Gasteiger charge is -2.16. The summed E-state index contributed by atoms with van der Waals surface area (Å²) < 4.78 is 11.4. The summed E-state index contributed by atoms with van der Waals surface area (Å²) in [5, 5.41) is 0.873. The zero-order chi connectivity index (χ0) is 20.9. The van der Waals surface area contributed by atoms with E-state index in [1.807, 2.05) is 66.7 Å². The fourth-order valence-electron chi connectivity index (χ4n) is 3.28. The van der Waals surface area contributed by atoms with E-state index >= 15 is 0 Å². The molecule has 0 saturated heterocycles. The van der Waals surface area contributed by atoms with E-state index in [-0.39, 0.29) is 12.6 Å². The van der Waals surface area contributed by atoms with Crippen molar-refractivity contribution in [3.05, 3.63) is 118 Å². The first-order valence-electron chi connectivity index (χ1n) is 9.43. The molecule has 1 heterocycles. The van der Waals surface area contributed by atoms with Crippen LogP contribution < -0.4 is 0 Å². The molecule has 4 aromatic rings. The van der Waals surface area contributed by atoms with Crippen LogP contribution in [0, 0.1) is 0 Å². The van der Waals surface area contributed by atoms with Crippen molar-refractivity contribution in [3.8, 4) is 11.3 Å². The number of esters is 1. The molecule has 1 aromatic heterocycles. The second-order valence-corrected chi connectivity index (χ2v) is 7.51. The van der Waals surface area contributed by atoms with E-state index < -0.39 is 5.92 Å². The summed E-state index contributed by atoms with van der Waals surface area (Å²) in [6.45, 7) is 0.0210. The molecule has 0 N–H and O–H groups in total. The highest BCUT2D eigenvalue weighted by atomic mass is 35.5. The van der Waals surface area contributed by atoms with Crippen LogP contribution in [-0.2, 0) is 16.1 Å². The summed E-state index contributed by atoms with van der Waals surface area (Å²) in [5.74, 6) is 0.237. The predicted octanol–water partition coefficient (Wildman–Crippen LogP) is 7.13. The van der Waals surface area contributed by atoms with Gasteiger partial charge in [0, 0.05) is 5.56 Å². The van der Waals surface area contributed by atoms with Gasteiger partial charge in [-0.3, -0.25) is 4.79 Å². The summed E-state index contributed by atoms with van der Waals surface area (Å²) in [6.07, 6.45) is 0. The maximum atomic E-state index is 13.0. The third kappa shape index (κ3) is 4.43. The number of furan rings is 1. The molecule has 0 aliphatic heterocycles. The Balaban J connectivity index is 1.52. The molecule has 3 nitrogen and oxygen atoms in total. The molecule has 0 aliphatic rings. The summed E-state index contributed by atoms with van der Waals surface area (Å²) in [7, 11) is 0. The summed E-state index contributed by atoms with van der Waals surface area (Å²) >= 11 is 12.3. The first-order chi connectivity index (χ1) is 14.6. The molecular weight excluding hydrogens is 419 g/mol. The van der Waals surface area contributed by atoms with Crippen LogP contribution in [-0.4, -0.2) is 5.97 Å². The Morgan fingerprint density at radius 3 is 2.07 bits per heavy atom. The molecule has 0 saturated carbocycles. The van der Waals surface area contributed by atoms with Crippen molar-refractivity contribution >= 4 is 29.2 Å². The van der Waals surface area contributed by atoms with Crippen molar-refractivity contribution in [3.63, 3.8) is 0 Å². The van der Waals surface area contributed by atoms with Crippen LogP contribution in [0.4, 0.5) is 0 Å². The number of rotatable bonds is 6. The van der Waals surface area contributed by atoms with Crippen molar-refractivity contribution in [2.45, 2.75) is 12.5 Å². The van der Waals surface area contributed by atoms with Crippen molar-refractivity contribution in [2.24, 2.45) is 0 Å². The topological polar surface area (TPSA) is 39.4 Å². The van der Waals surface area contributed by atoms with Gasteiger partial charge in [0.25, 0.3) is 0 Å². The Kier molecular flexibility index (Phi) is 6.22. The predicted molar refractivity (Wildman–Crippen MR) is 119 cm³/mol.